The smallest absolute Gasteiger partial charge is 0.294 e. The molecule has 0 aliphatic carbocycles. The van der Waals surface area contributed by atoms with Crippen LogP contribution in [-0.4, -0.2) is 23.0 Å². The number of benzene rings is 1. The minimum Gasteiger partial charge on any atom is -0.294 e. The van der Waals surface area contributed by atoms with Gasteiger partial charge in [0, 0.05) is 17.0 Å². The van der Waals surface area contributed by atoms with Crippen molar-refractivity contribution in [2.75, 3.05) is 4.90 Å². The summed E-state index contributed by atoms with van der Waals surface area (Å²) in [7, 11) is 0. The Bertz CT molecular complexity index is 577. The summed E-state index contributed by atoms with van der Waals surface area (Å²) in [5, 5.41) is 10.9. The van der Waals surface area contributed by atoms with E-state index in [2.05, 4.69) is 15.9 Å². The SMILES string of the molecule is O=C1CCC(C(F)(F)F)N1c1cc(Br)ccc1[N+](=O)[O-]. The highest BCUT2D eigenvalue weighted by molar-refractivity contribution is 9.10. The van der Waals surface area contributed by atoms with E-state index in [4.69, 9.17) is 0 Å². The summed E-state index contributed by atoms with van der Waals surface area (Å²) in [5.41, 5.74) is -0.869. The maximum atomic E-state index is 12.9. The van der Waals surface area contributed by atoms with Crippen molar-refractivity contribution >= 4 is 33.2 Å². The maximum Gasteiger partial charge on any atom is 0.409 e. The van der Waals surface area contributed by atoms with Crippen LogP contribution in [0.15, 0.2) is 22.7 Å². The lowest BCUT2D eigenvalue weighted by Gasteiger charge is -2.26. The molecule has 1 amide bonds. The number of hydrogen-bond acceptors (Lipinski definition) is 3. The van der Waals surface area contributed by atoms with Gasteiger partial charge in [-0.2, -0.15) is 13.2 Å². The van der Waals surface area contributed by atoms with Gasteiger partial charge in [0.25, 0.3) is 5.69 Å². The van der Waals surface area contributed by atoms with Crippen molar-refractivity contribution in [2.24, 2.45) is 0 Å². The van der Waals surface area contributed by atoms with Crippen LogP contribution in [0.5, 0.6) is 0 Å². The zero-order chi connectivity index (χ0) is 15.1. The van der Waals surface area contributed by atoms with E-state index in [0.717, 1.165) is 12.1 Å². The van der Waals surface area contributed by atoms with Crippen LogP contribution >= 0.6 is 15.9 Å². The minimum absolute atomic E-state index is 0.284. The highest BCUT2D eigenvalue weighted by atomic mass is 79.9. The van der Waals surface area contributed by atoms with Crippen molar-refractivity contribution in [3.05, 3.63) is 32.8 Å². The number of nitro benzene ring substituents is 1. The number of amides is 1. The van der Waals surface area contributed by atoms with Gasteiger partial charge in [-0.1, -0.05) is 15.9 Å². The largest absolute Gasteiger partial charge is 0.409 e. The number of carbonyl (C=O) groups is 1. The van der Waals surface area contributed by atoms with Gasteiger partial charge in [-0.05, 0) is 18.6 Å². The Kier molecular flexibility index (Phi) is 3.72. The molecule has 1 fully saturated rings. The average Bonchev–Trinajstić information content (AvgIpc) is 2.70. The molecule has 1 aromatic rings. The first-order valence-corrected chi connectivity index (χ1v) is 6.34. The number of anilines is 1. The van der Waals surface area contributed by atoms with Crippen LogP contribution in [0.3, 0.4) is 0 Å². The Morgan fingerprint density at radius 3 is 2.60 bits per heavy atom. The van der Waals surface area contributed by atoms with Crippen LogP contribution in [0.2, 0.25) is 0 Å². The summed E-state index contributed by atoms with van der Waals surface area (Å²) in [6.07, 6.45) is -5.30. The summed E-state index contributed by atoms with van der Waals surface area (Å²) < 4.78 is 39.1. The quantitative estimate of drug-likeness (QED) is 0.605. The molecule has 0 bridgehead atoms. The lowest BCUT2D eigenvalue weighted by molar-refractivity contribution is -0.384. The van der Waals surface area contributed by atoms with Gasteiger partial charge in [-0.3, -0.25) is 19.8 Å². The van der Waals surface area contributed by atoms with E-state index in [-0.39, 0.29) is 12.1 Å². The molecule has 1 unspecified atom stereocenters. The molecule has 1 aliphatic heterocycles. The third kappa shape index (κ3) is 2.62. The molecule has 9 heteroatoms. The molecule has 108 valence electrons. The van der Waals surface area contributed by atoms with Crippen molar-refractivity contribution in [1.29, 1.82) is 0 Å². The second-order valence-corrected chi connectivity index (χ2v) is 5.17. The van der Waals surface area contributed by atoms with Crippen LogP contribution in [0, 0.1) is 10.1 Å². The third-order valence-electron chi connectivity index (χ3n) is 2.98. The van der Waals surface area contributed by atoms with Crippen molar-refractivity contribution in [2.45, 2.75) is 25.1 Å². The van der Waals surface area contributed by atoms with Crippen molar-refractivity contribution in [3.8, 4) is 0 Å². The molecular formula is C11H8BrF3N2O3. The molecule has 0 saturated carbocycles. The number of alkyl halides is 3. The zero-order valence-corrected chi connectivity index (χ0v) is 11.4. The Balaban J connectivity index is 2.56. The molecule has 1 aromatic carbocycles. The molecule has 2 rings (SSSR count). The Morgan fingerprint density at radius 1 is 1.40 bits per heavy atom. The van der Waals surface area contributed by atoms with Gasteiger partial charge in [-0.15, -0.1) is 0 Å². The Hall–Kier alpha value is -1.64. The van der Waals surface area contributed by atoms with Crippen LogP contribution in [0.1, 0.15) is 12.8 Å². The predicted octanol–water partition coefficient (Wildman–Crippen LogP) is 3.42. The van der Waals surface area contributed by atoms with Crippen LogP contribution < -0.4 is 4.90 Å². The molecule has 1 saturated heterocycles. The van der Waals surface area contributed by atoms with E-state index in [1.807, 2.05) is 0 Å². The van der Waals surface area contributed by atoms with E-state index >= 15 is 0 Å². The molecule has 0 aromatic heterocycles. The monoisotopic (exact) mass is 352 g/mol. The fourth-order valence-electron chi connectivity index (χ4n) is 2.14. The van der Waals surface area contributed by atoms with E-state index in [9.17, 15) is 28.1 Å². The Morgan fingerprint density at radius 2 is 2.05 bits per heavy atom. The first kappa shape index (κ1) is 14.8. The van der Waals surface area contributed by atoms with E-state index in [0.29, 0.717) is 9.37 Å². The first-order valence-electron chi connectivity index (χ1n) is 5.54. The van der Waals surface area contributed by atoms with Crippen molar-refractivity contribution < 1.29 is 22.9 Å². The third-order valence-corrected chi connectivity index (χ3v) is 3.48. The predicted molar refractivity (Wildman–Crippen MR) is 67.4 cm³/mol. The molecule has 0 radical (unpaired) electrons. The van der Waals surface area contributed by atoms with Crippen LogP contribution in [-0.2, 0) is 4.79 Å². The lowest BCUT2D eigenvalue weighted by atomic mass is 10.2. The van der Waals surface area contributed by atoms with Gasteiger partial charge in [0.05, 0.1) is 4.92 Å². The summed E-state index contributed by atoms with van der Waals surface area (Å²) in [6, 6.07) is 1.53. The molecular weight excluding hydrogens is 345 g/mol. The number of nitro groups is 1. The summed E-state index contributed by atoms with van der Waals surface area (Å²) in [6.45, 7) is 0. The van der Waals surface area contributed by atoms with E-state index in [1.54, 1.807) is 0 Å². The molecule has 1 aliphatic rings. The first-order chi connectivity index (χ1) is 9.21. The van der Waals surface area contributed by atoms with Crippen LogP contribution in [0.25, 0.3) is 0 Å². The maximum absolute atomic E-state index is 12.9. The van der Waals surface area contributed by atoms with Gasteiger partial charge in [0.2, 0.25) is 5.91 Å². The molecule has 20 heavy (non-hydrogen) atoms. The van der Waals surface area contributed by atoms with Gasteiger partial charge < -0.3 is 0 Å². The van der Waals surface area contributed by atoms with Gasteiger partial charge in [0.1, 0.15) is 11.7 Å². The lowest BCUT2D eigenvalue weighted by Crippen LogP contribution is -2.43. The summed E-state index contributed by atoms with van der Waals surface area (Å²) in [5.74, 6) is -0.770. The standard InChI is InChI=1S/C11H8BrF3N2O3/c12-6-1-2-7(17(19)20)8(5-6)16-9(11(13,14)15)3-4-10(16)18/h1-2,5,9H,3-4H2. The molecule has 0 spiro atoms. The average molecular weight is 353 g/mol. The molecule has 5 nitrogen and oxygen atoms in total. The summed E-state index contributed by atoms with van der Waals surface area (Å²) >= 11 is 3.04. The van der Waals surface area contributed by atoms with Crippen molar-refractivity contribution in [1.82, 2.24) is 0 Å². The number of hydrogen-bond donors (Lipinski definition) is 0. The van der Waals surface area contributed by atoms with Crippen LogP contribution in [0.4, 0.5) is 24.5 Å². The number of halogens is 4. The zero-order valence-electron chi connectivity index (χ0n) is 9.85. The van der Waals surface area contributed by atoms with Crippen molar-refractivity contribution in [3.63, 3.8) is 0 Å². The fourth-order valence-corrected chi connectivity index (χ4v) is 2.49. The second-order valence-electron chi connectivity index (χ2n) is 4.25. The number of nitrogens with zero attached hydrogens (tertiary/aromatic N) is 2. The fraction of sp³-hybridized carbons (Fsp3) is 0.364. The molecule has 0 N–H and O–H groups in total. The number of carbonyl (C=O) groups excluding carboxylic acids is 1. The van der Waals surface area contributed by atoms with Gasteiger partial charge >= 0.3 is 6.18 Å². The topological polar surface area (TPSA) is 63.5 Å². The Labute approximate surface area is 119 Å². The number of rotatable bonds is 2. The normalized spacial score (nSPS) is 19.5. The van der Waals surface area contributed by atoms with E-state index in [1.165, 1.54) is 6.07 Å². The highest BCUT2D eigenvalue weighted by Gasteiger charge is 2.50. The highest BCUT2D eigenvalue weighted by Crippen LogP contribution is 2.41. The molecule has 1 atom stereocenters. The minimum atomic E-state index is -4.62. The second kappa shape index (κ2) is 5.04. The summed E-state index contributed by atoms with van der Waals surface area (Å²) in [4.78, 5) is 22.3. The molecule has 1 heterocycles. The van der Waals surface area contributed by atoms with Gasteiger partial charge in [0.15, 0.2) is 0 Å². The van der Waals surface area contributed by atoms with E-state index < -0.39 is 35.2 Å². The van der Waals surface area contributed by atoms with Gasteiger partial charge in [-0.25, -0.2) is 0 Å².